The highest BCUT2D eigenvalue weighted by Crippen LogP contribution is 2.35. The van der Waals surface area contributed by atoms with Crippen molar-refractivity contribution in [2.45, 2.75) is 19.3 Å². The van der Waals surface area contributed by atoms with E-state index in [9.17, 15) is 0 Å². The van der Waals surface area contributed by atoms with Gasteiger partial charge in [0.25, 0.3) is 0 Å². The fourth-order valence-corrected chi connectivity index (χ4v) is 3.89. The third kappa shape index (κ3) is 2.27. The molecule has 0 amide bonds. The summed E-state index contributed by atoms with van der Waals surface area (Å²) < 4.78 is 0. The molecule has 0 unspecified atom stereocenters. The molecule has 0 spiro atoms. The predicted octanol–water partition coefficient (Wildman–Crippen LogP) is 5.11. The van der Waals surface area contributed by atoms with E-state index in [1.54, 1.807) is 11.3 Å². The standard InChI is InChI=1S/C17H13ClN2S/c18-17-19-15(14-9-10-21-16(14)20-17)13-8-4-2-6-11-5-1-3-7-12(11)13/h1,3,5,7-10H,2,4,6H2. The summed E-state index contributed by atoms with van der Waals surface area (Å²) in [4.78, 5) is 9.80. The second-order valence-corrected chi connectivity index (χ2v) is 6.38. The molecule has 1 aliphatic carbocycles. The van der Waals surface area contributed by atoms with Crippen LogP contribution in [-0.2, 0) is 6.42 Å². The maximum absolute atomic E-state index is 6.13. The fraction of sp³-hybridized carbons (Fsp3) is 0.176. The molecule has 0 fully saturated rings. The number of thiophene rings is 1. The number of rotatable bonds is 1. The average molecular weight is 313 g/mol. The first-order chi connectivity index (χ1) is 10.3. The lowest BCUT2D eigenvalue weighted by Gasteiger charge is -2.11. The molecule has 0 saturated heterocycles. The Morgan fingerprint density at radius 1 is 1.10 bits per heavy atom. The largest absolute Gasteiger partial charge is 0.224 e. The number of aromatic nitrogens is 2. The van der Waals surface area contributed by atoms with E-state index in [1.165, 1.54) is 23.1 Å². The van der Waals surface area contributed by atoms with Crippen LogP contribution in [-0.4, -0.2) is 9.97 Å². The first-order valence-corrected chi connectivity index (χ1v) is 8.28. The second-order valence-electron chi connectivity index (χ2n) is 5.15. The van der Waals surface area contributed by atoms with Crippen LogP contribution < -0.4 is 0 Å². The van der Waals surface area contributed by atoms with Crippen molar-refractivity contribution in [3.05, 3.63) is 63.9 Å². The summed E-state index contributed by atoms with van der Waals surface area (Å²) in [5, 5.41) is 3.46. The van der Waals surface area contributed by atoms with E-state index in [1.807, 2.05) is 5.38 Å². The Kier molecular flexibility index (Phi) is 3.24. The summed E-state index contributed by atoms with van der Waals surface area (Å²) >= 11 is 7.73. The van der Waals surface area contributed by atoms with E-state index in [-0.39, 0.29) is 0 Å². The van der Waals surface area contributed by atoms with Crippen LogP contribution in [0.15, 0.2) is 41.8 Å². The highest BCUT2D eigenvalue weighted by Gasteiger charge is 2.17. The lowest BCUT2D eigenvalue weighted by molar-refractivity contribution is 0.851. The summed E-state index contributed by atoms with van der Waals surface area (Å²) in [6, 6.07) is 10.7. The van der Waals surface area contributed by atoms with Crippen LogP contribution in [0.25, 0.3) is 15.8 Å². The third-order valence-corrected chi connectivity index (χ3v) is 4.83. The Morgan fingerprint density at radius 3 is 2.95 bits per heavy atom. The van der Waals surface area contributed by atoms with Gasteiger partial charge in [0.1, 0.15) is 4.83 Å². The molecule has 4 heteroatoms. The Bertz CT molecular complexity index is 851. The van der Waals surface area contributed by atoms with Gasteiger partial charge in [-0.15, -0.1) is 11.3 Å². The van der Waals surface area contributed by atoms with E-state index in [2.05, 4.69) is 46.4 Å². The molecule has 0 aliphatic heterocycles. The normalized spacial score (nSPS) is 14.6. The van der Waals surface area contributed by atoms with Gasteiger partial charge in [-0.05, 0) is 53.4 Å². The molecule has 1 aromatic carbocycles. The maximum Gasteiger partial charge on any atom is 0.224 e. The second kappa shape index (κ2) is 5.24. The maximum atomic E-state index is 6.13. The lowest BCUT2D eigenvalue weighted by Crippen LogP contribution is -1.97. The molecular formula is C17H13ClN2S. The molecule has 2 aromatic heterocycles. The number of fused-ring (bicyclic) bond motifs is 2. The zero-order chi connectivity index (χ0) is 14.2. The minimum atomic E-state index is 0.322. The van der Waals surface area contributed by atoms with Crippen LogP contribution in [0, 0.1) is 0 Å². The molecule has 4 rings (SSSR count). The molecule has 2 nitrogen and oxygen atoms in total. The molecule has 0 saturated carbocycles. The molecule has 0 atom stereocenters. The van der Waals surface area contributed by atoms with Crippen molar-refractivity contribution in [3.8, 4) is 0 Å². The number of aryl methyl sites for hydroxylation is 1. The highest BCUT2D eigenvalue weighted by atomic mass is 35.5. The van der Waals surface area contributed by atoms with Gasteiger partial charge in [0.05, 0.1) is 5.69 Å². The number of allylic oxidation sites excluding steroid dienone is 1. The van der Waals surface area contributed by atoms with Gasteiger partial charge in [0.15, 0.2) is 0 Å². The minimum absolute atomic E-state index is 0.322. The number of hydrogen-bond donors (Lipinski definition) is 0. The predicted molar refractivity (Wildman–Crippen MR) is 88.9 cm³/mol. The van der Waals surface area contributed by atoms with Crippen LogP contribution in [0.1, 0.15) is 29.7 Å². The first-order valence-electron chi connectivity index (χ1n) is 7.02. The van der Waals surface area contributed by atoms with Gasteiger partial charge in [0, 0.05) is 11.0 Å². The molecule has 21 heavy (non-hydrogen) atoms. The van der Waals surface area contributed by atoms with Crippen LogP contribution in [0.3, 0.4) is 0 Å². The summed E-state index contributed by atoms with van der Waals surface area (Å²) in [5.41, 5.74) is 4.81. The summed E-state index contributed by atoms with van der Waals surface area (Å²) in [5.74, 6) is 0. The third-order valence-electron chi connectivity index (χ3n) is 3.86. The van der Waals surface area contributed by atoms with Crippen molar-refractivity contribution in [1.29, 1.82) is 0 Å². The van der Waals surface area contributed by atoms with Crippen LogP contribution >= 0.6 is 22.9 Å². The molecule has 3 aromatic rings. The smallest absolute Gasteiger partial charge is 0.217 e. The number of hydrogen-bond acceptors (Lipinski definition) is 3. The van der Waals surface area contributed by atoms with E-state index in [0.29, 0.717) is 5.28 Å². The molecule has 0 N–H and O–H groups in total. The van der Waals surface area contributed by atoms with Crippen LogP contribution in [0.2, 0.25) is 5.28 Å². The zero-order valence-corrected chi connectivity index (χ0v) is 12.9. The molecule has 2 heterocycles. The molecule has 104 valence electrons. The summed E-state index contributed by atoms with van der Waals surface area (Å²) in [6.07, 6.45) is 5.65. The van der Waals surface area contributed by atoms with E-state index >= 15 is 0 Å². The number of benzene rings is 1. The van der Waals surface area contributed by atoms with E-state index in [0.717, 1.165) is 28.8 Å². The Balaban J connectivity index is 2.00. The van der Waals surface area contributed by atoms with Gasteiger partial charge in [-0.2, -0.15) is 0 Å². The van der Waals surface area contributed by atoms with Crippen molar-refractivity contribution in [1.82, 2.24) is 9.97 Å². The van der Waals surface area contributed by atoms with Crippen molar-refractivity contribution in [3.63, 3.8) is 0 Å². The SMILES string of the molecule is Clc1nc(C2=CCCCc3ccccc32)c2ccsc2n1. The Labute approximate surface area is 132 Å². The minimum Gasteiger partial charge on any atom is -0.217 e. The first kappa shape index (κ1) is 13.0. The Hall–Kier alpha value is -1.71. The monoisotopic (exact) mass is 312 g/mol. The van der Waals surface area contributed by atoms with Gasteiger partial charge in [-0.25, -0.2) is 9.97 Å². The van der Waals surface area contributed by atoms with Gasteiger partial charge in [0.2, 0.25) is 5.28 Å². The van der Waals surface area contributed by atoms with Gasteiger partial charge >= 0.3 is 0 Å². The van der Waals surface area contributed by atoms with Gasteiger partial charge < -0.3 is 0 Å². The summed E-state index contributed by atoms with van der Waals surface area (Å²) in [7, 11) is 0. The quantitative estimate of drug-likeness (QED) is 0.583. The van der Waals surface area contributed by atoms with Crippen molar-refractivity contribution in [2.24, 2.45) is 0 Å². The molecule has 1 aliphatic rings. The molecule has 0 bridgehead atoms. The molecular weight excluding hydrogens is 300 g/mol. The van der Waals surface area contributed by atoms with Crippen molar-refractivity contribution >= 4 is 38.7 Å². The average Bonchev–Trinajstić information content (AvgIpc) is 2.85. The number of nitrogens with zero attached hydrogens (tertiary/aromatic N) is 2. The number of halogens is 1. The Morgan fingerprint density at radius 2 is 2.00 bits per heavy atom. The zero-order valence-electron chi connectivity index (χ0n) is 11.3. The summed E-state index contributed by atoms with van der Waals surface area (Å²) in [6.45, 7) is 0. The van der Waals surface area contributed by atoms with Crippen molar-refractivity contribution in [2.75, 3.05) is 0 Å². The fourth-order valence-electron chi connectivity index (χ4n) is 2.91. The van der Waals surface area contributed by atoms with Crippen LogP contribution in [0.4, 0.5) is 0 Å². The van der Waals surface area contributed by atoms with Gasteiger partial charge in [-0.1, -0.05) is 30.3 Å². The van der Waals surface area contributed by atoms with Crippen molar-refractivity contribution < 1.29 is 0 Å². The topological polar surface area (TPSA) is 25.8 Å². The lowest BCUT2D eigenvalue weighted by atomic mass is 9.96. The molecule has 0 radical (unpaired) electrons. The van der Waals surface area contributed by atoms with Gasteiger partial charge in [-0.3, -0.25) is 0 Å². The highest BCUT2D eigenvalue weighted by molar-refractivity contribution is 7.16. The van der Waals surface area contributed by atoms with E-state index in [4.69, 9.17) is 11.6 Å². The van der Waals surface area contributed by atoms with E-state index < -0.39 is 0 Å². The van der Waals surface area contributed by atoms with Crippen LogP contribution in [0.5, 0.6) is 0 Å².